The molecule has 4 atom stereocenters. The number of carboxylic acids is 1. The van der Waals surface area contributed by atoms with Crippen molar-refractivity contribution < 1.29 is 29.4 Å². The molecule has 0 aliphatic heterocycles. The fourth-order valence-electron chi connectivity index (χ4n) is 4.07. The summed E-state index contributed by atoms with van der Waals surface area (Å²) in [4.78, 5) is 59.3. The summed E-state index contributed by atoms with van der Waals surface area (Å²) in [5.74, 6) is -3.51. The van der Waals surface area contributed by atoms with Gasteiger partial charge in [0.1, 0.15) is 23.9 Å². The number of carboxylic acid groups (broad SMARTS) is 1. The molecule has 0 aliphatic rings. The van der Waals surface area contributed by atoms with Crippen molar-refractivity contribution in [3.8, 4) is 5.75 Å². The quantitative estimate of drug-likeness (QED) is 0.0372. The Balaban J connectivity index is 3.15. The van der Waals surface area contributed by atoms with Crippen molar-refractivity contribution in [2.75, 3.05) is 19.6 Å². The third kappa shape index (κ3) is 15.5. The second-order valence-corrected chi connectivity index (χ2v) is 10.2. The first kappa shape index (κ1) is 37.4. The Morgan fingerprint density at radius 1 is 0.705 bits per heavy atom. The summed E-state index contributed by atoms with van der Waals surface area (Å²) >= 11 is 0. The van der Waals surface area contributed by atoms with Crippen LogP contribution in [0.15, 0.2) is 34.3 Å². The second kappa shape index (κ2) is 20.3. The summed E-state index contributed by atoms with van der Waals surface area (Å²) in [6, 6.07) is 1.42. The zero-order valence-electron chi connectivity index (χ0n) is 24.8. The number of hydrogen-bond acceptors (Lipinski definition) is 9. The van der Waals surface area contributed by atoms with Crippen LogP contribution in [0.25, 0.3) is 0 Å². The van der Waals surface area contributed by atoms with Crippen LogP contribution in [0.3, 0.4) is 0 Å². The highest BCUT2D eigenvalue weighted by molar-refractivity contribution is 5.94. The number of benzene rings is 1. The lowest BCUT2D eigenvalue weighted by Crippen LogP contribution is -2.57. The van der Waals surface area contributed by atoms with Crippen LogP contribution in [-0.2, 0) is 25.6 Å². The number of nitrogens with two attached hydrogens (primary N) is 6. The van der Waals surface area contributed by atoms with Gasteiger partial charge in [-0.1, -0.05) is 12.1 Å². The second-order valence-electron chi connectivity index (χ2n) is 10.2. The molecule has 0 saturated carbocycles. The van der Waals surface area contributed by atoms with Crippen LogP contribution in [0, 0.1) is 0 Å². The number of rotatable bonds is 21. The van der Waals surface area contributed by atoms with Gasteiger partial charge in [-0.3, -0.25) is 24.4 Å². The Hall–Kier alpha value is -4.64. The van der Waals surface area contributed by atoms with Crippen LogP contribution >= 0.6 is 0 Å². The molecule has 0 radical (unpaired) electrons. The molecule has 1 aromatic rings. The van der Waals surface area contributed by atoms with E-state index in [1.54, 1.807) is 12.1 Å². The number of carbonyl (C=O) groups excluding carboxylic acids is 3. The van der Waals surface area contributed by atoms with Crippen LogP contribution in [0.4, 0.5) is 0 Å². The fraction of sp³-hybridized carbons (Fsp3) is 0.556. The Morgan fingerprint density at radius 2 is 1.20 bits per heavy atom. The molecule has 0 fully saturated rings. The number of carbonyl (C=O) groups is 4. The van der Waals surface area contributed by atoms with E-state index in [-0.39, 0.29) is 56.4 Å². The van der Waals surface area contributed by atoms with Gasteiger partial charge in [0, 0.05) is 19.5 Å². The molecule has 3 amide bonds. The van der Waals surface area contributed by atoms with Gasteiger partial charge in [0.05, 0.1) is 6.04 Å². The number of guanidine groups is 2. The first-order chi connectivity index (χ1) is 20.8. The monoisotopic (exact) mass is 621 g/mol. The lowest BCUT2D eigenvalue weighted by molar-refractivity contribution is -0.142. The standard InChI is InChI=1S/C27H47N11O6/c28-12-2-1-6-20(25(43)44)37-24(42)21(15-16-8-10-17(39)11-9-16)38-23(41)19(7-4-14-35-27(32)33)36-22(40)18(29)5-3-13-34-26(30)31/h8-11,18-21,39H,1-7,12-15,28-29H2,(H,36,40)(H,37,42)(H,38,41)(H,43,44)(H4,30,31,34)(H4,32,33,35). The molecule has 4 unspecified atom stereocenters. The van der Waals surface area contributed by atoms with Crippen LogP contribution in [0.1, 0.15) is 50.5 Å². The highest BCUT2D eigenvalue weighted by Gasteiger charge is 2.30. The first-order valence-electron chi connectivity index (χ1n) is 14.3. The average Bonchev–Trinajstić information content (AvgIpc) is 2.96. The van der Waals surface area contributed by atoms with E-state index in [1.165, 1.54) is 12.1 Å². The van der Waals surface area contributed by atoms with Crippen molar-refractivity contribution >= 4 is 35.6 Å². The number of amides is 3. The first-order valence-corrected chi connectivity index (χ1v) is 14.3. The van der Waals surface area contributed by atoms with E-state index >= 15 is 0 Å². The summed E-state index contributed by atoms with van der Waals surface area (Å²) in [6.45, 7) is 0.812. The smallest absolute Gasteiger partial charge is 0.326 e. The van der Waals surface area contributed by atoms with E-state index in [1.807, 2.05) is 0 Å². The minimum absolute atomic E-state index is 0.00261. The van der Waals surface area contributed by atoms with Gasteiger partial charge >= 0.3 is 5.97 Å². The van der Waals surface area contributed by atoms with Crippen molar-refractivity contribution in [3.05, 3.63) is 29.8 Å². The largest absolute Gasteiger partial charge is 0.508 e. The molecule has 17 N–H and O–H groups in total. The van der Waals surface area contributed by atoms with E-state index in [0.717, 1.165) is 0 Å². The summed E-state index contributed by atoms with van der Waals surface area (Å²) in [6.07, 6.45) is 2.20. The van der Waals surface area contributed by atoms with Gasteiger partial charge in [0.2, 0.25) is 17.7 Å². The molecule has 0 saturated heterocycles. The van der Waals surface area contributed by atoms with Crippen molar-refractivity contribution in [2.45, 2.75) is 75.5 Å². The molecular formula is C27H47N11O6. The predicted molar refractivity (Wildman–Crippen MR) is 166 cm³/mol. The SMILES string of the molecule is NCCCCC(NC(=O)C(Cc1ccc(O)cc1)NC(=O)C(CCCN=C(N)N)NC(=O)C(N)CCCN=C(N)N)C(=O)O. The molecule has 0 heterocycles. The third-order valence-electron chi connectivity index (χ3n) is 6.45. The van der Waals surface area contributed by atoms with Crippen molar-refractivity contribution in [1.82, 2.24) is 16.0 Å². The van der Waals surface area contributed by atoms with Crippen LogP contribution < -0.4 is 50.4 Å². The maximum Gasteiger partial charge on any atom is 0.326 e. The fourth-order valence-corrected chi connectivity index (χ4v) is 4.07. The van der Waals surface area contributed by atoms with Crippen molar-refractivity contribution in [3.63, 3.8) is 0 Å². The number of aromatic hydroxyl groups is 1. The highest BCUT2D eigenvalue weighted by Crippen LogP contribution is 2.13. The molecule has 1 rings (SSSR count). The number of nitrogens with one attached hydrogen (secondary N) is 3. The van der Waals surface area contributed by atoms with E-state index < -0.39 is 47.9 Å². The Bertz CT molecular complexity index is 1120. The van der Waals surface area contributed by atoms with Crippen molar-refractivity contribution in [1.29, 1.82) is 0 Å². The maximum absolute atomic E-state index is 13.5. The van der Waals surface area contributed by atoms with Gasteiger partial charge in [-0.15, -0.1) is 0 Å². The number of hydrogen-bond donors (Lipinski definition) is 11. The zero-order chi connectivity index (χ0) is 33.1. The van der Waals surface area contributed by atoms with E-state index in [0.29, 0.717) is 37.8 Å². The number of phenolic OH excluding ortho intramolecular Hbond substituents is 1. The predicted octanol–water partition coefficient (Wildman–Crippen LogP) is -2.96. The van der Waals surface area contributed by atoms with Gasteiger partial charge in [0.25, 0.3) is 0 Å². The average molecular weight is 622 g/mol. The zero-order valence-corrected chi connectivity index (χ0v) is 24.8. The molecule has 0 aromatic heterocycles. The highest BCUT2D eigenvalue weighted by atomic mass is 16.4. The lowest BCUT2D eigenvalue weighted by atomic mass is 10.0. The molecule has 0 spiro atoms. The van der Waals surface area contributed by atoms with E-state index in [9.17, 15) is 29.4 Å². The normalized spacial score (nSPS) is 13.4. The topological polar surface area (TPSA) is 326 Å². The molecule has 1 aromatic carbocycles. The van der Waals surface area contributed by atoms with Gasteiger partial charge < -0.3 is 60.6 Å². The molecular weight excluding hydrogens is 574 g/mol. The molecule has 0 aliphatic carbocycles. The summed E-state index contributed by atoms with van der Waals surface area (Å²) in [7, 11) is 0. The van der Waals surface area contributed by atoms with Crippen LogP contribution in [-0.4, -0.2) is 89.6 Å². The summed E-state index contributed by atoms with van der Waals surface area (Å²) < 4.78 is 0. The van der Waals surface area contributed by atoms with E-state index in [2.05, 4.69) is 25.9 Å². The van der Waals surface area contributed by atoms with Gasteiger partial charge in [0.15, 0.2) is 11.9 Å². The van der Waals surface area contributed by atoms with Gasteiger partial charge in [-0.25, -0.2) is 4.79 Å². The van der Waals surface area contributed by atoms with Gasteiger partial charge in [-0.05, 0) is 69.2 Å². The molecule has 17 nitrogen and oxygen atoms in total. The molecule has 17 heteroatoms. The van der Waals surface area contributed by atoms with Crippen molar-refractivity contribution in [2.24, 2.45) is 44.4 Å². The number of phenols is 1. The van der Waals surface area contributed by atoms with Gasteiger partial charge in [-0.2, -0.15) is 0 Å². The Kier molecular flexibility index (Phi) is 17.2. The number of aliphatic carboxylic acids is 1. The Morgan fingerprint density at radius 3 is 1.75 bits per heavy atom. The molecule has 0 bridgehead atoms. The molecule has 246 valence electrons. The Labute approximate surface area is 256 Å². The summed E-state index contributed by atoms with van der Waals surface area (Å²) in [5.41, 5.74) is 33.5. The van der Waals surface area contributed by atoms with E-state index in [4.69, 9.17) is 34.4 Å². The molecule has 44 heavy (non-hydrogen) atoms. The van der Waals surface area contributed by atoms with Crippen LogP contribution in [0.5, 0.6) is 5.75 Å². The summed E-state index contributed by atoms with van der Waals surface area (Å²) in [5, 5.41) is 27.0. The minimum atomic E-state index is -1.23. The third-order valence-corrected chi connectivity index (χ3v) is 6.45. The number of unbranched alkanes of at least 4 members (excludes halogenated alkanes) is 1. The number of aliphatic imine (C=N–C) groups is 2. The lowest BCUT2D eigenvalue weighted by Gasteiger charge is -2.25. The number of nitrogens with zero attached hydrogens (tertiary/aromatic N) is 2. The minimum Gasteiger partial charge on any atom is -0.508 e. The maximum atomic E-state index is 13.5. The van der Waals surface area contributed by atoms with Crippen LogP contribution in [0.2, 0.25) is 0 Å².